The Bertz CT molecular complexity index is 1030. The molecule has 2 aromatic carbocycles. The molecule has 2 heterocycles. The van der Waals surface area contributed by atoms with E-state index in [0.717, 1.165) is 55.9 Å². The molecule has 1 aliphatic heterocycles. The molecule has 4 rings (SSSR count). The molecule has 0 aliphatic carbocycles. The largest absolute Gasteiger partial charge is 0.487 e. The Hall–Kier alpha value is -3.35. The maximum Gasteiger partial charge on any atom is 0.322 e. The SMILES string of the molecule is Cc1ccc(NC(=O)N2CCCCC2CCn2cc(COc3ccccc3)nn2)cc1C. The number of hydrogen-bond donors (Lipinski definition) is 1. The first kappa shape index (κ1) is 21.9. The van der Waals surface area contributed by atoms with Crippen molar-refractivity contribution in [3.63, 3.8) is 0 Å². The van der Waals surface area contributed by atoms with Gasteiger partial charge in [-0.15, -0.1) is 5.10 Å². The van der Waals surface area contributed by atoms with E-state index in [1.165, 1.54) is 11.1 Å². The van der Waals surface area contributed by atoms with Crippen LogP contribution < -0.4 is 10.1 Å². The van der Waals surface area contributed by atoms with Crippen LogP contribution in [-0.2, 0) is 13.2 Å². The number of para-hydroxylation sites is 1. The van der Waals surface area contributed by atoms with E-state index in [1.807, 2.05) is 64.3 Å². The van der Waals surface area contributed by atoms with Crippen LogP contribution >= 0.6 is 0 Å². The Balaban J connectivity index is 1.31. The maximum atomic E-state index is 13.0. The van der Waals surface area contributed by atoms with E-state index in [9.17, 15) is 4.79 Å². The van der Waals surface area contributed by atoms with Gasteiger partial charge in [0.25, 0.3) is 0 Å². The zero-order chi connectivity index (χ0) is 22.3. The van der Waals surface area contributed by atoms with Crippen molar-refractivity contribution in [2.75, 3.05) is 11.9 Å². The Labute approximate surface area is 189 Å². The molecule has 0 saturated carbocycles. The van der Waals surface area contributed by atoms with E-state index in [1.54, 1.807) is 0 Å². The summed E-state index contributed by atoms with van der Waals surface area (Å²) in [5.74, 6) is 0.815. The number of piperidine rings is 1. The molecule has 1 aliphatic rings. The summed E-state index contributed by atoms with van der Waals surface area (Å²) >= 11 is 0. The predicted molar refractivity (Wildman–Crippen MR) is 125 cm³/mol. The Kier molecular flexibility index (Phi) is 7.04. The third-order valence-corrected chi connectivity index (χ3v) is 6.05. The quantitative estimate of drug-likeness (QED) is 0.572. The van der Waals surface area contributed by atoms with Crippen LogP contribution in [0.3, 0.4) is 0 Å². The highest BCUT2D eigenvalue weighted by Gasteiger charge is 2.26. The summed E-state index contributed by atoms with van der Waals surface area (Å²) in [6.07, 6.45) is 5.97. The minimum Gasteiger partial charge on any atom is -0.487 e. The number of amides is 2. The van der Waals surface area contributed by atoms with Gasteiger partial charge < -0.3 is 15.0 Å². The zero-order valence-electron chi connectivity index (χ0n) is 18.8. The monoisotopic (exact) mass is 433 g/mol. The molecule has 7 nitrogen and oxygen atoms in total. The number of rotatable bonds is 7. The van der Waals surface area contributed by atoms with E-state index in [0.29, 0.717) is 6.61 Å². The zero-order valence-corrected chi connectivity index (χ0v) is 18.8. The second kappa shape index (κ2) is 10.3. The molecule has 32 heavy (non-hydrogen) atoms. The minimum absolute atomic E-state index is 0.0199. The average Bonchev–Trinajstić information content (AvgIpc) is 3.27. The summed E-state index contributed by atoms with van der Waals surface area (Å²) in [4.78, 5) is 15.0. The molecule has 0 bridgehead atoms. The highest BCUT2D eigenvalue weighted by atomic mass is 16.5. The van der Waals surface area contributed by atoms with Crippen LogP contribution in [0, 0.1) is 13.8 Å². The highest BCUT2D eigenvalue weighted by Crippen LogP contribution is 2.22. The fraction of sp³-hybridized carbons (Fsp3) is 0.400. The van der Waals surface area contributed by atoms with E-state index in [2.05, 4.69) is 29.5 Å². The van der Waals surface area contributed by atoms with Gasteiger partial charge in [-0.3, -0.25) is 4.68 Å². The smallest absolute Gasteiger partial charge is 0.322 e. The molecule has 1 saturated heterocycles. The van der Waals surface area contributed by atoms with Gasteiger partial charge in [0.15, 0.2) is 0 Å². The number of ether oxygens (including phenoxy) is 1. The molecule has 1 unspecified atom stereocenters. The first-order valence-electron chi connectivity index (χ1n) is 11.3. The summed E-state index contributed by atoms with van der Waals surface area (Å²) in [5.41, 5.74) is 4.04. The topological polar surface area (TPSA) is 72.3 Å². The van der Waals surface area contributed by atoms with Gasteiger partial charge >= 0.3 is 6.03 Å². The summed E-state index contributed by atoms with van der Waals surface area (Å²) in [5, 5.41) is 11.5. The van der Waals surface area contributed by atoms with Gasteiger partial charge in [0.05, 0.1) is 6.20 Å². The van der Waals surface area contributed by atoms with Crippen LogP contribution in [0.4, 0.5) is 10.5 Å². The predicted octanol–water partition coefficient (Wildman–Crippen LogP) is 4.95. The number of carbonyl (C=O) groups excluding carboxylic acids is 1. The van der Waals surface area contributed by atoms with Crippen LogP contribution in [0.25, 0.3) is 0 Å². The fourth-order valence-electron chi connectivity index (χ4n) is 4.05. The number of likely N-dealkylation sites (tertiary alicyclic amines) is 1. The fourth-order valence-corrected chi connectivity index (χ4v) is 4.05. The number of benzene rings is 2. The van der Waals surface area contributed by atoms with Gasteiger partial charge in [0.1, 0.15) is 18.1 Å². The molecular weight excluding hydrogens is 402 g/mol. The van der Waals surface area contributed by atoms with Gasteiger partial charge in [-0.2, -0.15) is 0 Å². The number of carbonyl (C=O) groups is 1. The summed E-state index contributed by atoms with van der Waals surface area (Å²) in [7, 11) is 0. The highest BCUT2D eigenvalue weighted by molar-refractivity contribution is 5.89. The molecule has 1 N–H and O–H groups in total. The minimum atomic E-state index is -0.0199. The van der Waals surface area contributed by atoms with Crippen molar-refractivity contribution < 1.29 is 9.53 Å². The van der Waals surface area contributed by atoms with Gasteiger partial charge in [0.2, 0.25) is 0 Å². The number of nitrogens with one attached hydrogen (secondary N) is 1. The molecule has 2 amide bonds. The van der Waals surface area contributed by atoms with Gasteiger partial charge in [-0.05, 0) is 74.9 Å². The number of nitrogens with zero attached hydrogens (tertiary/aromatic N) is 4. The lowest BCUT2D eigenvalue weighted by molar-refractivity contribution is 0.154. The Morgan fingerprint density at radius 1 is 1.12 bits per heavy atom. The lowest BCUT2D eigenvalue weighted by atomic mass is 10.00. The first-order valence-corrected chi connectivity index (χ1v) is 11.3. The molecule has 1 atom stereocenters. The molecular formula is C25H31N5O2. The van der Waals surface area contributed by atoms with E-state index in [-0.39, 0.29) is 12.1 Å². The summed E-state index contributed by atoms with van der Waals surface area (Å²) in [6.45, 7) is 6.03. The van der Waals surface area contributed by atoms with Crippen molar-refractivity contribution in [1.82, 2.24) is 19.9 Å². The van der Waals surface area contributed by atoms with Crippen molar-refractivity contribution in [1.29, 1.82) is 0 Å². The van der Waals surface area contributed by atoms with Crippen LogP contribution in [0.15, 0.2) is 54.7 Å². The maximum absolute atomic E-state index is 13.0. The van der Waals surface area contributed by atoms with Crippen molar-refractivity contribution in [3.05, 3.63) is 71.5 Å². The second-order valence-electron chi connectivity index (χ2n) is 8.44. The van der Waals surface area contributed by atoms with Crippen molar-refractivity contribution in [3.8, 4) is 5.75 Å². The third kappa shape index (κ3) is 5.66. The normalized spacial score (nSPS) is 16.1. The lowest BCUT2D eigenvalue weighted by Crippen LogP contribution is -2.46. The van der Waals surface area contributed by atoms with Gasteiger partial charge in [-0.1, -0.05) is 29.5 Å². The molecule has 3 aromatic rings. The van der Waals surface area contributed by atoms with E-state index >= 15 is 0 Å². The lowest BCUT2D eigenvalue weighted by Gasteiger charge is -2.35. The molecule has 7 heteroatoms. The standard InChI is InChI=1S/C25H31N5O2/c1-19-11-12-21(16-20(19)2)26-25(31)30-14-7-6-8-23(30)13-15-29-17-22(27-28-29)18-32-24-9-4-3-5-10-24/h3-5,9-12,16-17,23H,6-8,13-15,18H2,1-2H3,(H,26,31). The summed E-state index contributed by atoms with van der Waals surface area (Å²) in [6, 6.07) is 15.9. The Morgan fingerprint density at radius 2 is 1.97 bits per heavy atom. The third-order valence-electron chi connectivity index (χ3n) is 6.05. The number of aromatic nitrogens is 3. The van der Waals surface area contributed by atoms with E-state index < -0.39 is 0 Å². The van der Waals surface area contributed by atoms with Crippen LogP contribution in [0.2, 0.25) is 0 Å². The number of urea groups is 1. The number of anilines is 1. The number of aryl methyl sites for hydroxylation is 3. The van der Waals surface area contributed by atoms with Crippen LogP contribution in [0.5, 0.6) is 5.75 Å². The van der Waals surface area contributed by atoms with Crippen LogP contribution in [-0.4, -0.2) is 38.5 Å². The summed E-state index contributed by atoms with van der Waals surface area (Å²) < 4.78 is 7.59. The van der Waals surface area contributed by atoms with Gasteiger partial charge in [-0.25, -0.2) is 4.79 Å². The van der Waals surface area contributed by atoms with Crippen molar-refractivity contribution in [2.24, 2.45) is 0 Å². The molecule has 1 fully saturated rings. The van der Waals surface area contributed by atoms with E-state index in [4.69, 9.17) is 4.74 Å². The molecule has 0 radical (unpaired) electrons. The van der Waals surface area contributed by atoms with Gasteiger partial charge in [0, 0.05) is 24.8 Å². The van der Waals surface area contributed by atoms with Crippen LogP contribution in [0.1, 0.15) is 42.5 Å². The molecule has 0 spiro atoms. The van der Waals surface area contributed by atoms with Crippen molar-refractivity contribution in [2.45, 2.75) is 58.7 Å². The molecule has 1 aromatic heterocycles. The molecule has 168 valence electrons. The number of hydrogen-bond acceptors (Lipinski definition) is 4. The second-order valence-corrected chi connectivity index (χ2v) is 8.44. The first-order chi connectivity index (χ1) is 15.6. The van der Waals surface area contributed by atoms with Crippen molar-refractivity contribution >= 4 is 11.7 Å². The Morgan fingerprint density at radius 3 is 2.78 bits per heavy atom. The average molecular weight is 434 g/mol.